The SMILES string of the molecule is CC(=O)N(CC1=CCCN(CCCOc2ccccc2)C1)C1CC1. The maximum atomic E-state index is 11.8. The smallest absolute Gasteiger partial charge is 0.219 e. The molecule has 0 unspecified atom stereocenters. The van der Waals surface area contributed by atoms with Crippen molar-refractivity contribution in [3.05, 3.63) is 42.0 Å². The fraction of sp³-hybridized carbons (Fsp3) is 0.550. The monoisotopic (exact) mass is 328 g/mol. The lowest BCUT2D eigenvalue weighted by Gasteiger charge is -2.30. The van der Waals surface area contributed by atoms with E-state index < -0.39 is 0 Å². The molecule has 0 bridgehead atoms. The van der Waals surface area contributed by atoms with Gasteiger partial charge in [0.2, 0.25) is 5.91 Å². The number of para-hydroxylation sites is 1. The van der Waals surface area contributed by atoms with Gasteiger partial charge in [0.05, 0.1) is 6.61 Å². The van der Waals surface area contributed by atoms with Gasteiger partial charge in [-0.2, -0.15) is 0 Å². The van der Waals surface area contributed by atoms with Gasteiger partial charge in [-0.05, 0) is 43.4 Å². The first kappa shape index (κ1) is 17.0. The first-order valence-electron chi connectivity index (χ1n) is 9.07. The predicted octanol–water partition coefficient (Wildman–Crippen LogP) is 3.10. The van der Waals surface area contributed by atoms with E-state index in [9.17, 15) is 4.79 Å². The largest absolute Gasteiger partial charge is 0.494 e. The number of nitrogens with zero attached hydrogens (tertiary/aromatic N) is 2. The normalized spacial score (nSPS) is 18.1. The number of hydrogen-bond donors (Lipinski definition) is 0. The highest BCUT2D eigenvalue weighted by Crippen LogP contribution is 2.28. The van der Waals surface area contributed by atoms with E-state index in [1.807, 2.05) is 35.2 Å². The Kier molecular flexibility index (Phi) is 5.91. The molecule has 0 saturated heterocycles. The zero-order valence-corrected chi connectivity index (χ0v) is 14.6. The predicted molar refractivity (Wildman–Crippen MR) is 96.1 cm³/mol. The molecule has 1 aromatic rings. The zero-order valence-electron chi connectivity index (χ0n) is 14.6. The summed E-state index contributed by atoms with van der Waals surface area (Å²) < 4.78 is 5.77. The maximum absolute atomic E-state index is 11.8. The average molecular weight is 328 g/mol. The van der Waals surface area contributed by atoms with Gasteiger partial charge in [0.15, 0.2) is 0 Å². The summed E-state index contributed by atoms with van der Waals surface area (Å²) in [5.41, 5.74) is 1.40. The second-order valence-corrected chi connectivity index (χ2v) is 6.82. The number of carbonyl (C=O) groups excluding carboxylic acids is 1. The highest BCUT2D eigenvalue weighted by molar-refractivity contribution is 5.74. The van der Waals surface area contributed by atoms with Crippen LogP contribution in [-0.2, 0) is 4.79 Å². The minimum absolute atomic E-state index is 0.215. The van der Waals surface area contributed by atoms with Crippen LogP contribution in [0.1, 0.15) is 32.6 Å². The van der Waals surface area contributed by atoms with Crippen LogP contribution in [0.2, 0.25) is 0 Å². The average Bonchev–Trinajstić information content (AvgIpc) is 3.43. The molecule has 1 amide bonds. The quantitative estimate of drug-likeness (QED) is 0.543. The Labute approximate surface area is 145 Å². The highest BCUT2D eigenvalue weighted by atomic mass is 16.5. The van der Waals surface area contributed by atoms with Crippen LogP contribution in [0.4, 0.5) is 0 Å². The molecule has 0 aromatic heterocycles. The van der Waals surface area contributed by atoms with Crippen molar-refractivity contribution in [1.82, 2.24) is 9.80 Å². The van der Waals surface area contributed by atoms with Crippen molar-refractivity contribution in [2.45, 2.75) is 38.6 Å². The number of benzene rings is 1. The molecule has 2 aliphatic rings. The topological polar surface area (TPSA) is 32.8 Å². The van der Waals surface area contributed by atoms with E-state index >= 15 is 0 Å². The van der Waals surface area contributed by atoms with Crippen molar-refractivity contribution >= 4 is 5.91 Å². The molecule has 24 heavy (non-hydrogen) atoms. The second kappa shape index (κ2) is 8.34. The molecule has 3 rings (SSSR count). The van der Waals surface area contributed by atoms with Crippen molar-refractivity contribution in [1.29, 1.82) is 0 Å². The molecular formula is C20H28N2O2. The van der Waals surface area contributed by atoms with Crippen molar-refractivity contribution in [3.8, 4) is 5.75 Å². The van der Waals surface area contributed by atoms with Crippen molar-refractivity contribution in [2.75, 3.05) is 32.8 Å². The molecule has 0 atom stereocenters. The first-order valence-corrected chi connectivity index (χ1v) is 9.07. The summed E-state index contributed by atoms with van der Waals surface area (Å²) in [6.07, 6.45) is 6.79. The van der Waals surface area contributed by atoms with Gasteiger partial charge in [0.1, 0.15) is 5.75 Å². The fourth-order valence-electron chi connectivity index (χ4n) is 3.28. The molecule has 4 nitrogen and oxygen atoms in total. The van der Waals surface area contributed by atoms with E-state index in [-0.39, 0.29) is 5.91 Å². The Morgan fingerprint density at radius 3 is 2.79 bits per heavy atom. The van der Waals surface area contributed by atoms with Crippen LogP contribution >= 0.6 is 0 Å². The Balaban J connectivity index is 1.38. The fourth-order valence-corrected chi connectivity index (χ4v) is 3.28. The van der Waals surface area contributed by atoms with Gasteiger partial charge in [-0.25, -0.2) is 0 Å². The maximum Gasteiger partial charge on any atom is 0.219 e. The molecule has 1 aliphatic heterocycles. The third-order valence-electron chi connectivity index (χ3n) is 4.70. The molecule has 1 aliphatic carbocycles. The Morgan fingerprint density at radius 1 is 1.29 bits per heavy atom. The van der Waals surface area contributed by atoms with Gasteiger partial charge < -0.3 is 9.64 Å². The van der Waals surface area contributed by atoms with Crippen LogP contribution in [0.15, 0.2) is 42.0 Å². The number of carbonyl (C=O) groups is 1. The Bertz CT molecular complexity index is 566. The number of rotatable bonds is 8. The number of amides is 1. The third-order valence-corrected chi connectivity index (χ3v) is 4.70. The summed E-state index contributed by atoms with van der Waals surface area (Å²) in [7, 11) is 0. The number of hydrogen-bond acceptors (Lipinski definition) is 3. The molecule has 4 heteroatoms. The molecule has 1 heterocycles. The van der Waals surface area contributed by atoms with Crippen LogP contribution < -0.4 is 4.74 Å². The molecular weight excluding hydrogens is 300 g/mol. The third kappa shape index (κ3) is 5.10. The summed E-state index contributed by atoms with van der Waals surface area (Å²) in [5, 5.41) is 0. The molecule has 1 saturated carbocycles. The molecule has 1 fully saturated rings. The summed E-state index contributed by atoms with van der Waals surface area (Å²) in [6, 6.07) is 10.5. The van der Waals surface area contributed by atoms with Crippen molar-refractivity contribution in [2.24, 2.45) is 0 Å². The van der Waals surface area contributed by atoms with Gasteiger partial charge in [-0.3, -0.25) is 9.69 Å². The summed E-state index contributed by atoms with van der Waals surface area (Å²) in [4.78, 5) is 16.3. The highest BCUT2D eigenvalue weighted by Gasteiger charge is 2.31. The lowest BCUT2D eigenvalue weighted by molar-refractivity contribution is -0.129. The Morgan fingerprint density at radius 2 is 2.08 bits per heavy atom. The van der Waals surface area contributed by atoms with E-state index in [2.05, 4.69) is 11.0 Å². The van der Waals surface area contributed by atoms with E-state index in [0.717, 1.165) is 51.4 Å². The Hall–Kier alpha value is -1.81. The summed E-state index contributed by atoms with van der Waals surface area (Å²) in [6.45, 7) is 6.41. The summed E-state index contributed by atoms with van der Waals surface area (Å²) in [5.74, 6) is 1.16. The molecule has 0 spiro atoms. The molecule has 130 valence electrons. The number of ether oxygens (including phenoxy) is 1. The zero-order chi connectivity index (χ0) is 16.8. The van der Waals surface area contributed by atoms with Crippen molar-refractivity contribution in [3.63, 3.8) is 0 Å². The minimum Gasteiger partial charge on any atom is -0.494 e. The van der Waals surface area contributed by atoms with Gasteiger partial charge in [0.25, 0.3) is 0 Å². The van der Waals surface area contributed by atoms with Crippen molar-refractivity contribution < 1.29 is 9.53 Å². The molecule has 1 aromatic carbocycles. The second-order valence-electron chi connectivity index (χ2n) is 6.82. The summed E-state index contributed by atoms with van der Waals surface area (Å²) >= 11 is 0. The van der Waals surface area contributed by atoms with E-state index in [0.29, 0.717) is 6.04 Å². The van der Waals surface area contributed by atoms with E-state index in [4.69, 9.17) is 4.74 Å². The lowest BCUT2D eigenvalue weighted by atomic mass is 10.1. The van der Waals surface area contributed by atoms with Gasteiger partial charge in [0, 0.05) is 39.1 Å². The lowest BCUT2D eigenvalue weighted by Crippen LogP contribution is -2.38. The van der Waals surface area contributed by atoms with Crippen LogP contribution in [0, 0.1) is 0 Å². The van der Waals surface area contributed by atoms with Gasteiger partial charge in [-0.15, -0.1) is 0 Å². The first-order chi connectivity index (χ1) is 11.7. The van der Waals surface area contributed by atoms with E-state index in [1.54, 1.807) is 6.92 Å². The van der Waals surface area contributed by atoms with E-state index in [1.165, 1.54) is 18.4 Å². The standard InChI is InChI=1S/C20H28N2O2/c1-17(23)22(19-10-11-19)16-18-7-5-12-21(15-18)13-6-14-24-20-8-3-2-4-9-20/h2-4,7-9,19H,5-6,10-16H2,1H3. The van der Waals surface area contributed by atoms with Gasteiger partial charge >= 0.3 is 0 Å². The van der Waals surface area contributed by atoms with Crippen LogP contribution in [0.25, 0.3) is 0 Å². The van der Waals surface area contributed by atoms with Crippen LogP contribution in [0.5, 0.6) is 5.75 Å². The molecule has 0 radical (unpaired) electrons. The minimum atomic E-state index is 0.215. The van der Waals surface area contributed by atoms with Crippen LogP contribution in [0.3, 0.4) is 0 Å². The van der Waals surface area contributed by atoms with Gasteiger partial charge in [-0.1, -0.05) is 24.3 Å². The van der Waals surface area contributed by atoms with Crippen LogP contribution in [-0.4, -0.2) is 54.5 Å². The molecule has 0 N–H and O–H groups in total.